The van der Waals surface area contributed by atoms with Crippen LogP contribution in [0, 0.1) is 0 Å². The lowest BCUT2D eigenvalue weighted by atomic mass is 10.2. The molecule has 0 saturated heterocycles. The van der Waals surface area contributed by atoms with E-state index in [-0.39, 0.29) is 6.42 Å². The number of rotatable bonds is 7. The summed E-state index contributed by atoms with van der Waals surface area (Å²) in [7, 11) is -12.8. The van der Waals surface area contributed by atoms with Gasteiger partial charge in [-0.3, -0.25) is 0 Å². The molecule has 0 rings (SSSR count). The highest BCUT2D eigenvalue weighted by Gasteiger charge is 2.62. The van der Waals surface area contributed by atoms with Crippen LogP contribution in [0.2, 0.25) is 5.54 Å². The van der Waals surface area contributed by atoms with Crippen LogP contribution in [0.15, 0.2) is 0 Å². The summed E-state index contributed by atoms with van der Waals surface area (Å²) >= 11 is 10.9. The van der Waals surface area contributed by atoms with Gasteiger partial charge in [0.05, 0.1) is 0 Å². The van der Waals surface area contributed by atoms with Crippen molar-refractivity contribution in [1.82, 2.24) is 0 Å². The Balaban J connectivity index is 5.63. The highest BCUT2D eigenvalue weighted by atomic mass is 35.5. The smallest absolute Gasteiger partial charge is 0.218 e. The van der Waals surface area contributed by atoms with Gasteiger partial charge in [0.15, 0.2) is 4.58 Å². The molecule has 23 heavy (non-hydrogen) atoms. The van der Waals surface area contributed by atoms with E-state index >= 15 is 0 Å². The van der Waals surface area contributed by atoms with E-state index in [9.17, 15) is 43.2 Å². The Morgan fingerprint density at radius 2 is 1.17 bits per heavy atom. The molecule has 0 aromatic heterocycles. The monoisotopic (exact) mass is 448 g/mol. The topological polar surface area (TPSA) is 68.3 Å². The van der Waals surface area contributed by atoms with E-state index in [4.69, 9.17) is 23.2 Å². The number of hydrogen-bond acceptors (Lipinski definition) is 4. The number of alkyl halides is 8. The first-order valence-electron chi connectivity index (χ1n) is 5.84. The van der Waals surface area contributed by atoms with Gasteiger partial charge in [-0.2, -0.15) is 26.3 Å². The van der Waals surface area contributed by atoms with E-state index in [0.717, 1.165) is 0 Å². The second kappa shape index (κ2) is 7.66. The Hall–Kier alpha value is 0.277. The van der Waals surface area contributed by atoms with Crippen molar-refractivity contribution >= 4 is 53.1 Å². The van der Waals surface area contributed by atoms with Crippen LogP contribution in [0.1, 0.15) is 19.3 Å². The maximum Gasteiger partial charge on any atom is 0.498 e. The van der Waals surface area contributed by atoms with Crippen molar-refractivity contribution in [2.24, 2.45) is 0 Å². The highest BCUT2D eigenvalue weighted by Crippen LogP contribution is 2.38. The molecule has 0 amide bonds. The molecule has 0 radical (unpaired) electrons. The largest absolute Gasteiger partial charge is 0.498 e. The molecular formula is C8H12Cl2F6O4S2Si. The predicted octanol–water partition coefficient (Wildman–Crippen LogP) is 2.31. The van der Waals surface area contributed by atoms with Crippen LogP contribution in [0.25, 0.3) is 0 Å². The van der Waals surface area contributed by atoms with Gasteiger partial charge >= 0.3 is 11.0 Å². The molecule has 4 nitrogen and oxygen atoms in total. The minimum atomic E-state index is -6.56. The van der Waals surface area contributed by atoms with Gasteiger partial charge < -0.3 is 0 Å². The maximum absolute atomic E-state index is 12.5. The molecule has 140 valence electrons. The molecule has 0 aliphatic heterocycles. The van der Waals surface area contributed by atoms with Gasteiger partial charge in [0.2, 0.25) is 0 Å². The molecule has 0 spiro atoms. The molecule has 0 N–H and O–H groups in total. The zero-order valence-electron chi connectivity index (χ0n) is 11.3. The van der Waals surface area contributed by atoms with Gasteiger partial charge in [0.25, 0.3) is 19.7 Å². The van der Waals surface area contributed by atoms with Crippen LogP contribution in [0.5, 0.6) is 0 Å². The molecule has 0 aliphatic rings. The predicted molar refractivity (Wildman–Crippen MR) is 76.8 cm³/mol. The third kappa shape index (κ3) is 5.65. The van der Waals surface area contributed by atoms with Crippen molar-refractivity contribution in [3.63, 3.8) is 0 Å². The van der Waals surface area contributed by atoms with Crippen molar-refractivity contribution in [2.75, 3.05) is 0 Å². The van der Waals surface area contributed by atoms with Crippen molar-refractivity contribution in [1.29, 1.82) is 0 Å². The Bertz CT molecular complexity index is 557. The average Bonchev–Trinajstić information content (AvgIpc) is 2.30. The molecular weight excluding hydrogens is 437 g/mol. The van der Waals surface area contributed by atoms with Gasteiger partial charge in [-0.25, -0.2) is 16.8 Å². The summed E-state index contributed by atoms with van der Waals surface area (Å²) in [4.78, 5) is -0.932. The Morgan fingerprint density at radius 3 is 1.43 bits per heavy atom. The van der Waals surface area contributed by atoms with Crippen LogP contribution in [-0.2, 0) is 19.7 Å². The molecule has 0 aliphatic carbocycles. The van der Waals surface area contributed by atoms with Crippen molar-refractivity contribution < 1.29 is 43.2 Å². The number of hydrogen-bond donors (Lipinski definition) is 0. The Morgan fingerprint density at radius 1 is 0.826 bits per heavy atom. The standard InChI is InChI=1S/C8H12Cl2F6O4S2Si/c9-6(10)4(23)2-1-3-5(21(17,18)7(11,12)13)22(19,20)8(14,15)16/h4-6H,1-3H2,23H3. The second-order valence-corrected chi connectivity index (χ2v) is 11.8. The van der Waals surface area contributed by atoms with Gasteiger partial charge in [0, 0.05) is 10.2 Å². The highest BCUT2D eigenvalue weighted by molar-refractivity contribution is 8.09. The number of halogens is 8. The summed E-state index contributed by atoms with van der Waals surface area (Å²) in [5.41, 5.74) is -12.7. The van der Waals surface area contributed by atoms with E-state index < -0.39 is 58.5 Å². The summed E-state index contributed by atoms with van der Waals surface area (Å²) in [6.07, 6.45) is -1.98. The fraction of sp³-hybridized carbons (Fsp3) is 1.00. The molecule has 0 aromatic carbocycles. The first-order valence-corrected chi connectivity index (χ1v) is 11.0. The molecule has 15 heteroatoms. The zero-order chi connectivity index (χ0) is 18.9. The van der Waals surface area contributed by atoms with Crippen LogP contribution in [0.3, 0.4) is 0 Å². The van der Waals surface area contributed by atoms with Crippen molar-refractivity contribution in [2.45, 2.75) is 45.2 Å². The summed E-state index contributed by atoms with van der Waals surface area (Å²) in [5, 5.41) is 0. The summed E-state index contributed by atoms with van der Waals surface area (Å²) in [5.74, 6) is 0. The Labute approximate surface area is 141 Å². The van der Waals surface area contributed by atoms with Crippen LogP contribution >= 0.6 is 23.2 Å². The number of sulfone groups is 2. The minimum Gasteiger partial charge on any atom is -0.218 e. The lowest BCUT2D eigenvalue weighted by Crippen LogP contribution is -2.44. The second-order valence-electron chi connectivity index (χ2n) is 4.65. The normalized spacial score (nSPS) is 16.3. The van der Waals surface area contributed by atoms with Gasteiger partial charge in [-0.15, -0.1) is 23.2 Å². The van der Waals surface area contributed by atoms with Gasteiger partial charge in [0.1, 0.15) is 4.84 Å². The van der Waals surface area contributed by atoms with E-state index in [1.165, 1.54) is 0 Å². The first-order chi connectivity index (χ1) is 9.96. The third-order valence-electron chi connectivity index (χ3n) is 2.87. The van der Waals surface area contributed by atoms with Gasteiger partial charge in [-0.05, 0) is 12.0 Å². The maximum atomic E-state index is 12.5. The molecule has 0 fully saturated rings. The quantitative estimate of drug-likeness (QED) is 0.340. The summed E-state index contributed by atoms with van der Waals surface area (Å²) in [6.45, 7) is 0. The lowest BCUT2D eigenvalue weighted by Gasteiger charge is -2.21. The summed E-state index contributed by atoms with van der Waals surface area (Å²) in [6, 6.07) is 0. The summed E-state index contributed by atoms with van der Waals surface area (Å²) < 4.78 is 116. The Kier molecular flexibility index (Phi) is 7.76. The molecule has 0 bridgehead atoms. The van der Waals surface area contributed by atoms with E-state index in [1.807, 2.05) is 0 Å². The minimum absolute atomic E-state index is 0.0961. The fourth-order valence-corrected chi connectivity index (χ4v) is 5.71. The van der Waals surface area contributed by atoms with Crippen molar-refractivity contribution in [3.8, 4) is 0 Å². The van der Waals surface area contributed by atoms with Crippen LogP contribution in [-0.4, -0.2) is 47.5 Å². The lowest BCUT2D eigenvalue weighted by molar-refractivity contribution is -0.0472. The molecule has 0 saturated carbocycles. The molecule has 0 heterocycles. The van der Waals surface area contributed by atoms with Crippen LogP contribution < -0.4 is 0 Å². The van der Waals surface area contributed by atoms with E-state index in [0.29, 0.717) is 10.2 Å². The molecule has 0 aromatic rings. The van der Waals surface area contributed by atoms with Crippen LogP contribution in [0.4, 0.5) is 26.3 Å². The SMILES string of the molecule is O=S(=O)(C(CCCC([SiH3])C(Cl)Cl)S(=O)(=O)C(F)(F)F)C(F)(F)F. The third-order valence-corrected chi connectivity index (χ3v) is 10.5. The first kappa shape index (κ1) is 23.3. The molecule has 1 unspecified atom stereocenters. The molecule has 1 atom stereocenters. The fourth-order valence-electron chi connectivity index (χ4n) is 1.51. The van der Waals surface area contributed by atoms with E-state index in [1.54, 1.807) is 0 Å². The zero-order valence-corrected chi connectivity index (χ0v) is 16.5. The van der Waals surface area contributed by atoms with E-state index in [2.05, 4.69) is 0 Å². The van der Waals surface area contributed by atoms with Gasteiger partial charge in [-0.1, -0.05) is 12.8 Å². The average molecular weight is 449 g/mol. The van der Waals surface area contributed by atoms with Crippen molar-refractivity contribution in [3.05, 3.63) is 0 Å².